The molecule has 8 rings (SSSR count). The quantitative estimate of drug-likeness (QED) is 0.715. The fourth-order valence-electron chi connectivity index (χ4n) is 8.75. The summed E-state index contributed by atoms with van der Waals surface area (Å²) in [6.45, 7) is 0. The summed E-state index contributed by atoms with van der Waals surface area (Å²) in [6.07, 6.45) is 12.2. The first kappa shape index (κ1) is 17.3. The van der Waals surface area contributed by atoms with Gasteiger partial charge in [0.15, 0.2) is 5.15 Å². The van der Waals surface area contributed by atoms with Gasteiger partial charge in [-0.2, -0.15) is 0 Å². The molecule has 4 unspecified atom stereocenters. The molecule has 4 saturated carbocycles. The van der Waals surface area contributed by atoms with E-state index in [1.807, 2.05) is 28.8 Å². The van der Waals surface area contributed by atoms with Crippen molar-refractivity contribution in [2.45, 2.75) is 81.5 Å². The van der Waals surface area contributed by atoms with Crippen LogP contribution < -0.4 is 5.56 Å². The van der Waals surface area contributed by atoms with Crippen molar-refractivity contribution >= 4 is 22.6 Å². The lowest BCUT2D eigenvalue weighted by Gasteiger charge is -2.52. The molecule has 0 spiro atoms. The highest BCUT2D eigenvalue weighted by molar-refractivity contribution is 6.29. The zero-order chi connectivity index (χ0) is 19.3. The Morgan fingerprint density at radius 1 is 0.931 bits per heavy atom. The lowest BCUT2D eigenvalue weighted by molar-refractivity contribution is -0.0244. The minimum atomic E-state index is -0.109. The molecule has 4 atom stereocenters. The molecule has 0 N–H and O–H groups in total. The van der Waals surface area contributed by atoms with Gasteiger partial charge in [-0.25, -0.2) is 4.98 Å². The molecule has 1 aromatic heterocycles. The van der Waals surface area contributed by atoms with Crippen molar-refractivity contribution in [1.29, 1.82) is 0 Å². The summed E-state index contributed by atoms with van der Waals surface area (Å²) in [5.74, 6) is 2.94. The van der Waals surface area contributed by atoms with Crippen LogP contribution in [0.3, 0.4) is 0 Å². The van der Waals surface area contributed by atoms with E-state index >= 15 is 0 Å². The Bertz CT molecular complexity index is 1040. The molecule has 4 aliphatic carbocycles. The fraction of sp³-hybridized carbons (Fsp3) is 0.667. The van der Waals surface area contributed by atoms with Crippen LogP contribution in [0, 0.1) is 17.8 Å². The maximum absolute atomic E-state index is 13.0. The van der Waals surface area contributed by atoms with Gasteiger partial charge < -0.3 is 4.57 Å². The molecule has 5 heteroatoms. The average Bonchev–Trinajstić information content (AvgIpc) is 3.23. The van der Waals surface area contributed by atoms with Crippen molar-refractivity contribution < 1.29 is 0 Å². The molecule has 3 heterocycles. The van der Waals surface area contributed by atoms with E-state index in [0.29, 0.717) is 17.6 Å². The lowest BCUT2D eigenvalue weighted by atomic mass is 9.78. The second-order valence-electron chi connectivity index (χ2n) is 10.6. The SMILES string of the molecule is O=c1c(Cl)nc2ccccc2n1C1CC2CCC(C1)N2C12CC3CC(CC1C3)C2. The van der Waals surface area contributed by atoms with E-state index in [4.69, 9.17) is 11.6 Å². The van der Waals surface area contributed by atoms with Gasteiger partial charge >= 0.3 is 0 Å². The molecule has 152 valence electrons. The molecular formula is C24H28ClN3O. The van der Waals surface area contributed by atoms with Gasteiger partial charge in [0.05, 0.1) is 11.0 Å². The Labute approximate surface area is 176 Å². The Hall–Kier alpha value is -1.39. The number of rotatable bonds is 2. The number of piperidine rings is 1. The molecule has 2 aromatic rings. The van der Waals surface area contributed by atoms with Gasteiger partial charge in [0.2, 0.25) is 0 Å². The standard InChI is InChI=1S/C24H28ClN3O/c25-22-23(29)27(21-4-2-1-3-20(21)26-22)19-10-17-5-6-18(11-19)28(17)24-12-14-7-15(13-24)9-16(24)8-14/h1-4,14-19H,5-13H2. The van der Waals surface area contributed by atoms with E-state index in [2.05, 4.69) is 9.88 Å². The van der Waals surface area contributed by atoms with Crippen LogP contribution in [0.5, 0.6) is 0 Å². The first-order valence-corrected chi connectivity index (χ1v) is 12.0. The van der Waals surface area contributed by atoms with E-state index < -0.39 is 0 Å². The molecule has 0 amide bonds. The molecule has 29 heavy (non-hydrogen) atoms. The summed E-state index contributed by atoms with van der Waals surface area (Å²) >= 11 is 6.27. The van der Waals surface area contributed by atoms with E-state index in [-0.39, 0.29) is 16.8 Å². The minimum Gasteiger partial charge on any atom is -0.301 e. The van der Waals surface area contributed by atoms with Crippen LogP contribution >= 0.6 is 11.6 Å². The van der Waals surface area contributed by atoms with Gasteiger partial charge in [-0.05, 0) is 87.7 Å². The van der Waals surface area contributed by atoms with Gasteiger partial charge in [0, 0.05) is 23.7 Å². The smallest absolute Gasteiger partial charge is 0.288 e. The number of hydrogen-bond donors (Lipinski definition) is 0. The molecule has 4 nitrogen and oxygen atoms in total. The number of nitrogens with zero attached hydrogens (tertiary/aromatic N) is 3. The minimum absolute atomic E-state index is 0.109. The highest BCUT2D eigenvalue weighted by Gasteiger charge is 2.64. The first-order chi connectivity index (χ1) is 14.1. The molecule has 2 saturated heterocycles. The van der Waals surface area contributed by atoms with Crippen LogP contribution in [-0.2, 0) is 0 Å². The Balaban J connectivity index is 1.27. The summed E-state index contributed by atoms with van der Waals surface area (Å²) in [6, 6.07) is 9.48. The maximum Gasteiger partial charge on any atom is 0.288 e. The zero-order valence-corrected chi connectivity index (χ0v) is 17.5. The summed E-state index contributed by atoms with van der Waals surface area (Å²) in [7, 11) is 0. The predicted octanol–water partition coefficient (Wildman–Crippen LogP) is 4.80. The summed E-state index contributed by atoms with van der Waals surface area (Å²) in [5.41, 5.74) is 2.17. The van der Waals surface area contributed by atoms with E-state index in [1.165, 1.54) is 44.9 Å². The van der Waals surface area contributed by atoms with Gasteiger partial charge in [-0.15, -0.1) is 0 Å². The van der Waals surface area contributed by atoms with E-state index in [0.717, 1.165) is 41.6 Å². The van der Waals surface area contributed by atoms with Crippen molar-refractivity contribution in [2.75, 3.05) is 0 Å². The van der Waals surface area contributed by atoms with Crippen molar-refractivity contribution in [2.24, 2.45) is 17.8 Å². The third kappa shape index (κ3) is 2.25. The van der Waals surface area contributed by atoms with Crippen LogP contribution in [0.2, 0.25) is 5.15 Å². The molecule has 6 fully saturated rings. The number of hydrogen-bond acceptors (Lipinski definition) is 3. The highest BCUT2D eigenvalue weighted by Crippen LogP contribution is 2.65. The van der Waals surface area contributed by atoms with Crippen molar-refractivity contribution in [3.8, 4) is 0 Å². The molecule has 1 aromatic carbocycles. The normalized spacial score (nSPS) is 42.9. The molecule has 6 bridgehead atoms. The van der Waals surface area contributed by atoms with Gasteiger partial charge in [0.1, 0.15) is 0 Å². The third-order valence-electron chi connectivity index (χ3n) is 9.29. The molecule has 2 aliphatic heterocycles. The molecule has 0 radical (unpaired) electrons. The van der Waals surface area contributed by atoms with E-state index in [9.17, 15) is 4.79 Å². The Morgan fingerprint density at radius 3 is 2.34 bits per heavy atom. The monoisotopic (exact) mass is 409 g/mol. The van der Waals surface area contributed by atoms with Crippen LogP contribution in [0.4, 0.5) is 0 Å². The summed E-state index contributed by atoms with van der Waals surface area (Å²) in [4.78, 5) is 20.4. The van der Waals surface area contributed by atoms with Crippen molar-refractivity contribution in [1.82, 2.24) is 14.5 Å². The van der Waals surface area contributed by atoms with Crippen LogP contribution in [0.15, 0.2) is 29.1 Å². The highest BCUT2D eigenvalue weighted by atomic mass is 35.5. The fourth-order valence-corrected chi connectivity index (χ4v) is 8.93. The number of fused-ring (bicyclic) bond motifs is 3. The molecular weight excluding hydrogens is 382 g/mol. The number of para-hydroxylation sites is 2. The largest absolute Gasteiger partial charge is 0.301 e. The van der Waals surface area contributed by atoms with Gasteiger partial charge in [-0.3, -0.25) is 9.69 Å². The van der Waals surface area contributed by atoms with Crippen LogP contribution in [0.1, 0.15) is 63.8 Å². The Kier molecular flexibility index (Phi) is 3.49. The topological polar surface area (TPSA) is 38.1 Å². The van der Waals surface area contributed by atoms with Gasteiger partial charge in [-0.1, -0.05) is 23.7 Å². The number of benzene rings is 1. The zero-order valence-electron chi connectivity index (χ0n) is 16.8. The van der Waals surface area contributed by atoms with Gasteiger partial charge in [0.25, 0.3) is 5.56 Å². The maximum atomic E-state index is 13.0. The third-order valence-corrected chi connectivity index (χ3v) is 9.54. The summed E-state index contributed by atoms with van der Waals surface area (Å²) in [5, 5.41) is 0.115. The Morgan fingerprint density at radius 2 is 1.62 bits per heavy atom. The number of aromatic nitrogens is 2. The lowest BCUT2D eigenvalue weighted by Crippen LogP contribution is -2.58. The molecule has 6 aliphatic rings. The summed E-state index contributed by atoms with van der Waals surface area (Å²) < 4.78 is 1.99. The van der Waals surface area contributed by atoms with Crippen LogP contribution in [-0.4, -0.2) is 32.1 Å². The predicted molar refractivity (Wildman–Crippen MR) is 114 cm³/mol. The average molecular weight is 410 g/mol. The van der Waals surface area contributed by atoms with Crippen molar-refractivity contribution in [3.63, 3.8) is 0 Å². The number of halogens is 1. The second-order valence-corrected chi connectivity index (χ2v) is 11.0. The van der Waals surface area contributed by atoms with E-state index in [1.54, 1.807) is 0 Å². The van der Waals surface area contributed by atoms with Crippen molar-refractivity contribution in [3.05, 3.63) is 39.8 Å². The first-order valence-electron chi connectivity index (χ1n) is 11.6. The second kappa shape index (κ2) is 5.85. The van der Waals surface area contributed by atoms with Crippen LogP contribution in [0.25, 0.3) is 11.0 Å².